The van der Waals surface area contributed by atoms with Crippen molar-refractivity contribution in [3.63, 3.8) is 0 Å². The van der Waals surface area contributed by atoms with Gasteiger partial charge in [-0.25, -0.2) is 14.0 Å². The second kappa shape index (κ2) is 13.6. The normalized spacial score (nSPS) is 18.1. The number of anilines is 1. The van der Waals surface area contributed by atoms with Crippen LogP contribution in [0.3, 0.4) is 0 Å². The maximum atomic E-state index is 13.4. The van der Waals surface area contributed by atoms with Gasteiger partial charge in [0.2, 0.25) is 0 Å². The Labute approximate surface area is 287 Å². The van der Waals surface area contributed by atoms with Crippen molar-refractivity contribution in [1.29, 1.82) is 0 Å². The predicted molar refractivity (Wildman–Crippen MR) is 190 cm³/mol. The molecule has 2 atom stereocenters. The second-order valence-corrected chi connectivity index (χ2v) is 15.0. The standard InChI is InChI=1S/C38H44FN3O5S/c1-36(2,3)26-8-7-9-27(21-26)38(18-19-38)42-23-32(46-35(42)45)30(41-34(44)47-37(4,5)6)20-24-10-16-29(17-11-24)40-33(48)22-31(43)25-12-14-28(39)15-13-25/h7-17,21-22,30,32,43H,18-20,23H2,1-6H3,(H,40,48)(H,41,44)/t30-,32+/m0/s1. The van der Waals surface area contributed by atoms with Crippen molar-refractivity contribution < 1.29 is 28.6 Å². The average molecular weight is 674 g/mol. The largest absolute Gasteiger partial charge is 0.507 e. The van der Waals surface area contributed by atoms with Gasteiger partial charge in [-0.05, 0) is 98.5 Å². The molecule has 2 amide bonds. The van der Waals surface area contributed by atoms with Gasteiger partial charge in [-0.15, -0.1) is 0 Å². The first-order valence-electron chi connectivity index (χ1n) is 16.2. The van der Waals surface area contributed by atoms with Gasteiger partial charge in [0.15, 0.2) is 0 Å². The Morgan fingerprint density at radius 2 is 1.75 bits per heavy atom. The third kappa shape index (κ3) is 8.52. The predicted octanol–water partition coefficient (Wildman–Crippen LogP) is 8.41. The van der Waals surface area contributed by atoms with Crippen molar-refractivity contribution in [2.75, 3.05) is 11.9 Å². The Bertz CT molecular complexity index is 1690. The molecule has 1 saturated heterocycles. The fraction of sp³-hybridized carbons (Fsp3) is 0.395. The summed E-state index contributed by atoms with van der Waals surface area (Å²) in [7, 11) is 0. The number of nitrogens with one attached hydrogen (secondary N) is 2. The minimum atomic E-state index is -0.700. The Morgan fingerprint density at radius 3 is 2.35 bits per heavy atom. The number of nitrogens with zero attached hydrogens (tertiary/aromatic N) is 1. The van der Waals surface area contributed by atoms with Crippen LogP contribution in [0.4, 0.5) is 19.7 Å². The fourth-order valence-electron chi connectivity index (χ4n) is 5.87. The summed E-state index contributed by atoms with van der Waals surface area (Å²) >= 11 is 5.39. The molecular formula is C38H44FN3O5S. The number of benzene rings is 3. The molecule has 48 heavy (non-hydrogen) atoms. The fourth-order valence-corrected chi connectivity index (χ4v) is 6.10. The lowest BCUT2D eigenvalue weighted by Crippen LogP contribution is -2.48. The number of aliphatic hydroxyl groups is 1. The van der Waals surface area contributed by atoms with Crippen LogP contribution in [0.1, 0.15) is 76.6 Å². The molecule has 5 rings (SSSR count). The van der Waals surface area contributed by atoms with Gasteiger partial charge >= 0.3 is 12.2 Å². The SMILES string of the molecule is CC(C)(C)OC(=O)N[C@@H](Cc1ccc(NC(=S)C=C(O)c2ccc(F)cc2)cc1)[C@H]1CN(C2(c3cccc(C(C)(C)C)c3)CC2)C(=O)O1. The molecule has 0 spiro atoms. The van der Waals surface area contributed by atoms with E-state index in [1.165, 1.54) is 35.9 Å². The molecule has 3 aromatic carbocycles. The highest BCUT2D eigenvalue weighted by molar-refractivity contribution is 7.81. The summed E-state index contributed by atoms with van der Waals surface area (Å²) in [6, 6.07) is 20.8. The zero-order chi connectivity index (χ0) is 34.9. The van der Waals surface area contributed by atoms with E-state index in [0.717, 1.165) is 24.0 Å². The van der Waals surface area contributed by atoms with Gasteiger partial charge < -0.3 is 25.2 Å². The summed E-state index contributed by atoms with van der Waals surface area (Å²) in [6.45, 7) is 12.2. The number of carbonyl (C=O) groups is 2. The highest BCUT2D eigenvalue weighted by Crippen LogP contribution is 2.53. The molecule has 1 aliphatic carbocycles. The summed E-state index contributed by atoms with van der Waals surface area (Å²) in [4.78, 5) is 28.5. The number of thiocarbonyl (C=S) groups is 1. The lowest BCUT2D eigenvalue weighted by atomic mass is 9.85. The lowest BCUT2D eigenvalue weighted by Gasteiger charge is -2.29. The van der Waals surface area contributed by atoms with Gasteiger partial charge in [-0.1, -0.05) is 69.4 Å². The van der Waals surface area contributed by atoms with Gasteiger partial charge in [0.05, 0.1) is 18.1 Å². The topological polar surface area (TPSA) is 100 Å². The molecule has 2 fully saturated rings. The van der Waals surface area contributed by atoms with Crippen LogP contribution in [0.15, 0.2) is 78.9 Å². The Kier molecular flexibility index (Phi) is 9.87. The van der Waals surface area contributed by atoms with Crippen LogP contribution in [-0.2, 0) is 26.8 Å². The van der Waals surface area contributed by atoms with Crippen molar-refractivity contribution in [3.8, 4) is 0 Å². The van der Waals surface area contributed by atoms with E-state index in [9.17, 15) is 19.1 Å². The molecular weight excluding hydrogens is 629 g/mol. The second-order valence-electron chi connectivity index (χ2n) is 14.6. The van der Waals surface area contributed by atoms with Gasteiger partial charge in [-0.2, -0.15) is 0 Å². The Morgan fingerprint density at radius 1 is 1.08 bits per heavy atom. The molecule has 254 valence electrons. The first-order valence-corrected chi connectivity index (χ1v) is 16.6. The number of halogens is 1. The number of ether oxygens (including phenoxy) is 2. The molecule has 0 aromatic heterocycles. The van der Waals surface area contributed by atoms with E-state index < -0.39 is 35.2 Å². The first-order chi connectivity index (χ1) is 22.5. The highest BCUT2D eigenvalue weighted by atomic mass is 32.1. The summed E-state index contributed by atoms with van der Waals surface area (Å²) in [6.07, 6.45) is 1.89. The number of alkyl carbamates (subject to hydrolysis) is 1. The summed E-state index contributed by atoms with van der Waals surface area (Å²) in [5, 5.41) is 16.4. The molecule has 8 nitrogen and oxygen atoms in total. The van der Waals surface area contributed by atoms with E-state index in [-0.39, 0.29) is 22.3 Å². The van der Waals surface area contributed by atoms with E-state index in [1.807, 2.05) is 29.2 Å². The van der Waals surface area contributed by atoms with E-state index >= 15 is 0 Å². The van der Waals surface area contributed by atoms with E-state index in [4.69, 9.17) is 21.7 Å². The Balaban J connectivity index is 1.30. The number of aliphatic hydroxyl groups excluding tert-OH is 1. The van der Waals surface area contributed by atoms with Crippen LogP contribution >= 0.6 is 12.2 Å². The molecule has 1 aliphatic heterocycles. The Hall–Kier alpha value is -4.44. The zero-order valence-corrected chi connectivity index (χ0v) is 29.1. The van der Waals surface area contributed by atoms with Gasteiger partial charge in [0.25, 0.3) is 0 Å². The molecule has 1 heterocycles. The maximum Gasteiger partial charge on any atom is 0.411 e. The average Bonchev–Trinajstić information content (AvgIpc) is 3.71. The molecule has 0 radical (unpaired) electrons. The molecule has 0 unspecified atom stereocenters. The maximum absolute atomic E-state index is 13.4. The number of hydrogen-bond acceptors (Lipinski definition) is 6. The number of amides is 2. The van der Waals surface area contributed by atoms with Crippen molar-refractivity contribution >= 4 is 40.8 Å². The number of cyclic esters (lactones) is 1. The minimum Gasteiger partial charge on any atom is -0.507 e. The number of rotatable bonds is 9. The molecule has 3 aromatic rings. The monoisotopic (exact) mass is 673 g/mol. The first kappa shape index (κ1) is 34.9. The van der Waals surface area contributed by atoms with Crippen LogP contribution in [0.25, 0.3) is 5.76 Å². The number of carbonyl (C=O) groups excluding carboxylic acids is 2. The quantitative estimate of drug-likeness (QED) is 0.119. The van der Waals surface area contributed by atoms with Crippen LogP contribution < -0.4 is 10.6 Å². The molecule has 2 aliphatic rings. The smallest absolute Gasteiger partial charge is 0.411 e. The van der Waals surface area contributed by atoms with Gasteiger partial charge in [0, 0.05) is 17.3 Å². The summed E-state index contributed by atoms with van der Waals surface area (Å²) < 4.78 is 24.8. The van der Waals surface area contributed by atoms with Crippen molar-refractivity contribution in [2.24, 2.45) is 0 Å². The molecule has 10 heteroatoms. The minimum absolute atomic E-state index is 0.0268. The lowest BCUT2D eigenvalue weighted by molar-refractivity contribution is 0.0436. The zero-order valence-electron chi connectivity index (χ0n) is 28.3. The summed E-state index contributed by atoms with van der Waals surface area (Å²) in [5.41, 5.74) is 3.19. The highest BCUT2D eigenvalue weighted by Gasteiger charge is 2.56. The van der Waals surface area contributed by atoms with Crippen molar-refractivity contribution in [1.82, 2.24) is 10.2 Å². The molecule has 0 bridgehead atoms. The van der Waals surface area contributed by atoms with Crippen LogP contribution in [0.2, 0.25) is 0 Å². The molecule has 3 N–H and O–H groups in total. The van der Waals surface area contributed by atoms with Crippen molar-refractivity contribution in [2.45, 2.75) is 89.5 Å². The van der Waals surface area contributed by atoms with Gasteiger partial charge in [0.1, 0.15) is 28.3 Å². The summed E-state index contributed by atoms with van der Waals surface area (Å²) in [5.74, 6) is -0.483. The van der Waals surface area contributed by atoms with Gasteiger partial charge in [-0.3, -0.25) is 4.90 Å². The van der Waals surface area contributed by atoms with E-state index in [2.05, 4.69) is 55.7 Å². The van der Waals surface area contributed by atoms with Crippen LogP contribution in [-0.4, -0.2) is 51.5 Å². The van der Waals surface area contributed by atoms with E-state index in [0.29, 0.717) is 24.2 Å². The van der Waals surface area contributed by atoms with Crippen LogP contribution in [0.5, 0.6) is 0 Å². The van der Waals surface area contributed by atoms with Crippen LogP contribution in [0, 0.1) is 5.82 Å². The van der Waals surface area contributed by atoms with E-state index in [1.54, 1.807) is 20.8 Å². The number of hydrogen-bond donors (Lipinski definition) is 3. The third-order valence-corrected chi connectivity index (χ3v) is 8.80. The third-order valence-electron chi connectivity index (χ3n) is 8.58. The van der Waals surface area contributed by atoms with Crippen molar-refractivity contribution in [3.05, 3.63) is 107 Å². The molecule has 1 saturated carbocycles.